The molecule has 2 aromatic carbocycles. The Morgan fingerprint density at radius 3 is 2.68 bits per heavy atom. The number of rotatable bonds is 7. The highest BCUT2D eigenvalue weighted by Gasteiger charge is 2.11. The Labute approximate surface area is 165 Å². The molecular weight excluding hydrogens is 381 g/mol. The van der Waals surface area contributed by atoms with Crippen molar-refractivity contribution in [3.8, 4) is 0 Å². The topological polar surface area (TPSA) is 80.3 Å². The first-order valence-corrected chi connectivity index (χ1v) is 9.30. The van der Waals surface area contributed by atoms with Crippen molar-refractivity contribution in [3.63, 3.8) is 0 Å². The van der Waals surface area contributed by atoms with E-state index in [1.165, 1.54) is 35.6 Å². The van der Waals surface area contributed by atoms with Crippen LogP contribution < -0.4 is 10.6 Å². The van der Waals surface area contributed by atoms with Gasteiger partial charge in [0.25, 0.3) is 11.8 Å². The molecule has 0 unspecified atom stereocenters. The summed E-state index contributed by atoms with van der Waals surface area (Å²) in [4.78, 5) is 28.6. The summed E-state index contributed by atoms with van der Waals surface area (Å²) < 4.78 is 18.0. The van der Waals surface area contributed by atoms with Gasteiger partial charge in [0.05, 0.1) is 6.61 Å². The van der Waals surface area contributed by atoms with Gasteiger partial charge in [-0.15, -0.1) is 11.3 Å². The van der Waals surface area contributed by atoms with Crippen LogP contribution in [0.2, 0.25) is 0 Å². The lowest BCUT2D eigenvalue weighted by Gasteiger charge is -2.08. The number of hydrogen-bond acceptors (Lipinski definition) is 5. The third kappa shape index (κ3) is 5.21. The molecule has 0 fully saturated rings. The molecule has 0 saturated heterocycles. The first kappa shape index (κ1) is 19.7. The van der Waals surface area contributed by atoms with E-state index in [0.717, 1.165) is 10.6 Å². The summed E-state index contributed by atoms with van der Waals surface area (Å²) in [7, 11) is 1.57. The molecule has 3 rings (SSSR count). The molecule has 0 bridgehead atoms. The summed E-state index contributed by atoms with van der Waals surface area (Å²) in [5, 5.41) is 7.97. The third-order valence-electron chi connectivity index (χ3n) is 3.80. The number of aromatic nitrogens is 1. The minimum atomic E-state index is -0.399. The highest BCUT2D eigenvalue weighted by molar-refractivity contribution is 7.09. The Balaban J connectivity index is 1.59. The lowest BCUT2D eigenvalue weighted by molar-refractivity contribution is 0.0945. The first-order chi connectivity index (χ1) is 13.5. The predicted molar refractivity (Wildman–Crippen MR) is 105 cm³/mol. The molecule has 0 atom stereocenters. The number of carbonyl (C=O) groups is 2. The van der Waals surface area contributed by atoms with Crippen molar-refractivity contribution in [2.24, 2.45) is 0 Å². The van der Waals surface area contributed by atoms with Crippen LogP contribution in [0.15, 0.2) is 53.9 Å². The lowest BCUT2D eigenvalue weighted by Crippen LogP contribution is -2.23. The number of carbonyl (C=O) groups excluding carboxylic acids is 2. The van der Waals surface area contributed by atoms with Crippen LogP contribution in [0.5, 0.6) is 0 Å². The molecule has 1 aromatic heterocycles. The molecule has 8 heteroatoms. The largest absolute Gasteiger partial charge is 0.378 e. The van der Waals surface area contributed by atoms with Gasteiger partial charge in [-0.2, -0.15) is 0 Å². The van der Waals surface area contributed by atoms with E-state index in [1.807, 2.05) is 6.07 Å². The molecular formula is C20H18FN3O3S. The van der Waals surface area contributed by atoms with Gasteiger partial charge in [-0.1, -0.05) is 12.1 Å². The average molecular weight is 399 g/mol. The van der Waals surface area contributed by atoms with Crippen LogP contribution in [0.1, 0.15) is 31.4 Å². The second-order valence-electron chi connectivity index (χ2n) is 5.90. The molecule has 0 aliphatic carbocycles. The molecule has 2 amide bonds. The molecule has 0 aliphatic heterocycles. The molecule has 0 aliphatic rings. The fourth-order valence-corrected chi connectivity index (χ4v) is 3.19. The number of halogens is 1. The van der Waals surface area contributed by atoms with Crippen LogP contribution >= 0.6 is 11.3 Å². The zero-order valence-corrected chi connectivity index (χ0v) is 15.9. The van der Waals surface area contributed by atoms with Crippen molar-refractivity contribution in [3.05, 3.63) is 81.6 Å². The lowest BCUT2D eigenvalue weighted by atomic mass is 10.1. The van der Waals surface area contributed by atoms with E-state index in [2.05, 4.69) is 15.6 Å². The normalized spacial score (nSPS) is 10.5. The Morgan fingerprint density at radius 1 is 1.14 bits per heavy atom. The van der Waals surface area contributed by atoms with E-state index >= 15 is 0 Å². The number of nitrogens with one attached hydrogen (secondary N) is 2. The van der Waals surface area contributed by atoms with E-state index < -0.39 is 5.82 Å². The summed E-state index contributed by atoms with van der Waals surface area (Å²) in [6, 6.07) is 12.4. The first-order valence-electron chi connectivity index (χ1n) is 8.42. The Bertz CT molecular complexity index is 973. The monoisotopic (exact) mass is 399 g/mol. The highest BCUT2D eigenvalue weighted by Crippen LogP contribution is 2.14. The van der Waals surface area contributed by atoms with Crippen molar-refractivity contribution in [2.75, 3.05) is 12.4 Å². The highest BCUT2D eigenvalue weighted by atomic mass is 32.1. The molecule has 3 aromatic rings. The van der Waals surface area contributed by atoms with Crippen LogP contribution in [-0.4, -0.2) is 23.9 Å². The number of amides is 2. The van der Waals surface area contributed by atoms with Gasteiger partial charge in [0.1, 0.15) is 16.5 Å². The zero-order valence-electron chi connectivity index (χ0n) is 15.1. The summed E-state index contributed by atoms with van der Waals surface area (Å²) in [6.07, 6.45) is 0. The summed E-state index contributed by atoms with van der Waals surface area (Å²) in [5.74, 6) is -1.02. The standard InChI is InChI=1S/C20H18FN3O3S/c1-27-11-18-24-17(12-28-18)20(26)22-10-13-3-2-4-16(9-13)23-19(25)14-5-7-15(21)8-6-14/h2-9,12H,10-11H2,1H3,(H,22,26)(H,23,25). The minimum Gasteiger partial charge on any atom is -0.378 e. The van der Waals surface area contributed by atoms with Gasteiger partial charge in [0.2, 0.25) is 0 Å². The Kier molecular flexibility index (Phi) is 6.46. The van der Waals surface area contributed by atoms with Crippen molar-refractivity contribution in [2.45, 2.75) is 13.2 Å². The Hall–Kier alpha value is -3.10. The summed E-state index contributed by atoms with van der Waals surface area (Å²) >= 11 is 1.36. The van der Waals surface area contributed by atoms with Crippen molar-refractivity contribution in [1.82, 2.24) is 10.3 Å². The van der Waals surface area contributed by atoms with Crippen LogP contribution in [0.4, 0.5) is 10.1 Å². The van der Waals surface area contributed by atoms with Crippen molar-refractivity contribution in [1.29, 1.82) is 0 Å². The zero-order chi connectivity index (χ0) is 19.9. The predicted octanol–water partition coefficient (Wildman–Crippen LogP) is 3.61. The molecule has 6 nitrogen and oxygen atoms in total. The third-order valence-corrected chi connectivity index (χ3v) is 4.62. The van der Waals surface area contributed by atoms with Crippen LogP contribution in [0.25, 0.3) is 0 Å². The van der Waals surface area contributed by atoms with Crippen LogP contribution in [-0.2, 0) is 17.9 Å². The van der Waals surface area contributed by atoms with E-state index in [0.29, 0.717) is 23.6 Å². The number of anilines is 1. The van der Waals surface area contributed by atoms with Crippen molar-refractivity contribution >= 4 is 28.8 Å². The maximum atomic E-state index is 13.0. The van der Waals surface area contributed by atoms with Gasteiger partial charge in [-0.05, 0) is 42.0 Å². The van der Waals surface area contributed by atoms with Gasteiger partial charge < -0.3 is 15.4 Å². The van der Waals surface area contributed by atoms with Gasteiger partial charge >= 0.3 is 0 Å². The van der Waals surface area contributed by atoms with E-state index in [1.54, 1.807) is 30.7 Å². The fourth-order valence-electron chi connectivity index (χ4n) is 2.44. The quantitative estimate of drug-likeness (QED) is 0.636. The molecule has 0 radical (unpaired) electrons. The smallest absolute Gasteiger partial charge is 0.271 e. The molecule has 2 N–H and O–H groups in total. The van der Waals surface area contributed by atoms with Crippen LogP contribution in [0, 0.1) is 5.82 Å². The van der Waals surface area contributed by atoms with Gasteiger partial charge in [0, 0.05) is 30.3 Å². The SMILES string of the molecule is COCc1nc(C(=O)NCc2cccc(NC(=O)c3ccc(F)cc3)c2)cs1. The maximum Gasteiger partial charge on any atom is 0.271 e. The minimum absolute atomic E-state index is 0.278. The fraction of sp³-hybridized carbons (Fsp3) is 0.150. The second kappa shape index (κ2) is 9.20. The van der Waals surface area contributed by atoms with Gasteiger partial charge in [-0.3, -0.25) is 9.59 Å². The molecule has 1 heterocycles. The molecule has 0 saturated carbocycles. The van der Waals surface area contributed by atoms with Gasteiger partial charge in [-0.25, -0.2) is 9.37 Å². The maximum absolute atomic E-state index is 13.0. The number of hydrogen-bond donors (Lipinski definition) is 2. The second-order valence-corrected chi connectivity index (χ2v) is 6.85. The van der Waals surface area contributed by atoms with Crippen molar-refractivity contribution < 1.29 is 18.7 Å². The average Bonchev–Trinajstić information content (AvgIpc) is 3.16. The number of benzene rings is 2. The van der Waals surface area contributed by atoms with E-state index in [4.69, 9.17) is 4.74 Å². The Morgan fingerprint density at radius 2 is 1.93 bits per heavy atom. The molecule has 144 valence electrons. The number of thiazole rings is 1. The number of ether oxygens (including phenoxy) is 1. The van der Waals surface area contributed by atoms with E-state index in [-0.39, 0.29) is 18.4 Å². The number of nitrogens with zero attached hydrogens (tertiary/aromatic N) is 1. The van der Waals surface area contributed by atoms with Gasteiger partial charge in [0.15, 0.2) is 0 Å². The van der Waals surface area contributed by atoms with E-state index in [9.17, 15) is 14.0 Å². The molecule has 0 spiro atoms. The molecule has 28 heavy (non-hydrogen) atoms. The summed E-state index contributed by atoms with van der Waals surface area (Å²) in [5.41, 5.74) is 2.10. The van der Waals surface area contributed by atoms with Crippen LogP contribution in [0.3, 0.4) is 0 Å². The summed E-state index contributed by atoms with van der Waals surface area (Å²) in [6.45, 7) is 0.657. The number of methoxy groups -OCH3 is 1.